The lowest BCUT2D eigenvalue weighted by molar-refractivity contribution is -0.114. The van der Waals surface area contributed by atoms with Crippen LogP contribution in [-0.4, -0.2) is 10.9 Å². The Kier molecular flexibility index (Phi) is 2.63. The van der Waals surface area contributed by atoms with Gasteiger partial charge in [0.05, 0.1) is 15.2 Å². The second kappa shape index (κ2) is 3.79. The molecular formula is C10H9ClN2OS. The maximum atomic E-state index is 10.9. The molecule has 0 unspecified atom stereocenters. The molecule has 0 aliphatic rings. The molecule has 0 radical (unpaired) electrons. The van der Waals surface area contributed by atoms with Gasteiger partial charge in [0, 0.05) is 6.92 Å². The maximum Gasteiger partial charge on any atom is 0.223 e. The Bertz CT molecular complexity index is 496. The number of rotatable bonds is 1. The average molecular weight is 241 g/mol. The van der Waals surface area contributed by atoms with E-state index in [0.29, 0.717) is 10.2 Å². The van der Waals surface area contributed by atoms with Crippen molar-refractivity contribution in [1.29, 1.82) is 0 Å². The third-order valence-corrected chi connectivity index (χ3v) is 3.41. The zero-order chi connectivity index (χ0) is 11.0. The number of carbonyl (C=O) groups excluding carboxylic acids is 1. The zero-order valence-corrected chi connectivity index (χ0v) is 9.87. The van der Waals surface area contributed by atoms with Gasteiger partial charge in [0.15, 0.2) is 5.13 Å². The number of anilines is 1. The standard InChI is InChI=1S/C10H9ClN2OS/c1-5-3-4-7(11)9-8(5)13-10(15-9)12-6(2)14/h3-4H,1-2H3,(H,12,13,14). The number of halogens is 1. The van der Waals surface area contributed by atoms with E-state index in [9.17, 15) is 4.79 Å². The molecule has 0 bridgehead atoms. The number of hydrogen-bond acceptors (Lipinski definition) is 3. The highest BCUT2D eigenvalue weighted by atomic mass is 35.5. The Balaban J connectivity index is 2.59. The largest absolute Gasteiger partial charge is 0.302 e. The van der Waals surface area contributed by atoms with Gasteiger partial charge in [-0.3, -0.25) is 4.79 Å². The molecule has 1 aromatic carbocycles. The van der Waals surface area contributed by atoms with E-state index in [1.807, 2.05) is 19.1 Å². The molecule has 3 nitrogen and oxygen atoms in total. The van der Waals surface area contributed by atoms with Gasteiger partial charge in [-0.2, -0.15) is 0 Å². The Morgan fingerprint density at radius 2 is 2.27 bits per heavy atom. The zero-order valence-electron chi connectivity index (χ0n) is 8.30. The molecule has 2 rings (SSSR count). The predicted molar refractivity (Wildman–Crippen MR) is 63.7 cm³/mol. The number of amides is 1. The molecule has 5 heteroatoms. The van der Waals surface area contributed by atoms with E-state index in [0.717, 1.165) is 15.8 Å². The molecule has 1 N–H and O–H groups in total. The van der Waals surface area contributed by atoms with Gasteiger partial charge in [-0.25, -0.2) is 4.98 Å². The van der Waals surface area contributed by atoms with Crippen LogP contribution in [0.1, 0.15) is 12.5 Å². The molecule has 2 aromatic rings. The number of benzene rings is 1. The van der Waals surface area contributed by atoms with Gasteiger partial charge in [-0.15, -0.1) is 0 Å². The van der Waals surface area contributed by atoms with Crippen LogP contribution in [0.3, 0.4) is 0 Å². The number of thiazole rings is 1. The number of nitrogens with zero attached hydrogens (tertiary/aromatic N) is 1. The second-order valence-electron chi connectivity index (χ2n) is 3.24. The first-order valence-electron chi connectivity index (χ1n) is 4.41. The van der Waals surface area contributed by atoms with E-state index in [1.54, 1.807) is 0 Å². The minimum atomic E-state index is -0.122. The number of carbonyl (C=O) groups is 1. The van der Waals surface area contributed by atoms with Crippen LogP contribution in [0.15, 0.2) is 12.1 Å². The molecule has 0 spiro atoms. The molecule has 1 heterocycles. The summed E-state index contributed by atoms with van der Waals surface area (Å²) in [6.45, 7) is 3.43. The van der Waals surface area contributed by atoms with Crippen molar-refractivity contribution in [3.8, 4) is 0 Å². The van der Waals surface area contributed by atoms with Crippen molar-refractivity contribution in [2.45, 2.75) is 13.8 Å². The molecule has 1 aromatic heterocycles. The quantitative estimate of drug-likeness (QED) is 0.832. The molecule has 0 aliphatic heterocycles. The smallest absolute Gasteiger partial charge is 0.223 e. The monoisotopic (exact) mass is 240 g/mol. The van der Waals surface area contributed by atoms with Gasteiger partial charge in [-0.05, 0) is 18.6 Å². The van der Waals surface area contributed by atoms with Crippen molar-refractivity contribution in [2.24, 2.45) is 0 Å². The Morgan fingerprint density at radius 1 is 1.53 bits per heavy atom. The van der Waals surface area contributed by atoms with Gasteiger partial charge >= 0.3 is 0 Å². The van der Waals surface area contributed by atoms with Gasteiger partial charge in [0.1, 0.15) is 0 Å². The van der Waals surface area contributed by atoms with Crippen molar-refractivity contribution in [2.75, 3.05) is 5.32 Å². The number of nitrogens with one attached hydrogen (secondary N) is 1. The fourth-order valence-electron chi connectivity index (χ4n) is 1.31. The molecular weight excluding hydrogens is 232 g/mol. The summed E-state index contributed by atoms with van der Waals surface area (Å²) in [6, 6.07) is 3.76. The van der Waals surface area contributed by atoms with E-state index in [2.05, 4.69) is 10.3 Å². The van der Waals surface area contributed by atoms with Gasteiger partial charge in [-0.1, -0.05) is 29.0 Å². The fourth-order valence-corrected chi connectivity index (χ4v) is 2.57. The lowest BCUT2D eigenvalue weighted by atomic mass is 10.2. The van der Waals surface area contributed by atoms with Gasteiger partial charge < -0.3 is 5.32 Å². The highest BCUT2D eigenvalue weighted by Crippen LogP contribution is 2.33. The summed E-state index contributed by atoms with van der Waals surface area (Å²) in [4.78, 5) is 15.2. The molecule has 0 fully saturated rings. The molecule has 0 saturated carbocycles. The van der Waals surface area contributed by atoms with Crippen LogP contribution < -0.4 is 5.32 Å². The van der Waals surface area contributed by atoms with E-state index in [1.165, 1.54) is 18.3 Å². The van der Waals surface area contributed by atoms with Crippen LogP contribution in [0.25, 0.3) is 10.2 Å². The first-order valence-corrected chi connectivity index (χ1v) is 5.60. The average Bonchev–Trinajstić information content (AvgIpc) is 2.55. The van der Waals surface area contributed by atoms with Gasteiger partial charge in [0.2, 0.25) is 5.91 Å². The minimum Gasteiger partial charge on any atom is -0.302 e. The first-order chi connectivity index (χ1) is 7.08. The molecule has 78 valence electrons. The lowest BCUT2D eigenvalue weighted by Crippen LogP contribution is -2.04. The van der Waals surface area contributed by atoms with Crippen molar-refractivity contribution in [1.82, 2.24) is 4.98 Å². The summed E-state index contributed by atoms with van der Waals surface area (Å²) in [7, 11) is 0. The van der Waals surface area contributed by atoms with Crippen LogP contribution in [0.4, 0.5) is 5.13 Å². The lowest BCUT2D eigenvalue weighted by Gasteiger charge is -1.94. The summed E-state index contributed by atoms with van der Waals surface area (Å²) in [6.07, 6.45) is 0. The highest BCUT2D eigenvalue weighted by molar-refractivity contribution is 7.23. The summed E-state index contributed by atoms with van der Waals surface area (Å²) in [5.74, 6) is -0.122. The van der Waals surface area contributed by atoms with E-state index in [-0.39, 0.29) is 5.91 Å². The third-order valence-electron chi connectivity index (χ3n) is 1.98. The normalized spacial score (nSPS) is 10.6. The number of fused-ring (bicyclic) bond motifs is 1. The van der Waals surface area contributed by atoms with Crippen LogP contribution in [-0.2, 0) is 4.79 Å². The molecule has 0 atom stereocenters. The van der Waals surface area contributed by atoms with Crippen LogP contribution in [0, 0.1) is 6.92 Å². The molecule has 1 amide bonds. The fraction of sp³-hybridized carbons (Fsp3) is 0.200. The Labute approximate surface area is 96.1 Å². The number of hydrogen-bond donors (Lipinski definition) is 1. The molecule has 0 saturated heterocycles. The predicted octanol–water partition coefficient (Wildman–Crippen LogP) is 3.22. The van der Waals surface area contributed by atoms with E-state index >= 15 is 0 Å². The van der Waals surface area contributed by atoms with Crippen LogP contribution in [0.5, 0.6) is 0 Å². The van der Waals surface area contributed by atoms with E-state index < -0.39 is 0 Å². The van der Waals surface area contributed by atoms with Crippen LogP contribution >= 0.6 is 22.9 Å². The summed E-state index contributed by atoms with van der Waals surface area (Å²) < 4.78 is 0.917. The first kappa shape index (κ1) is 10.4. The SMILES string of the molecule is CC(=O)Nc1nc2c(C)ccc(Cl)c2s1. The van der Waals surface area contributed by atoms with Crippen molar-refractivity contribution >= 4 is 44.2 Å². The highest BCUT2D eigenvalue weighted by Gasteiger charge is 2.09. The molecule has 0 aliphatic carbocycles. The van der Waals surface area contributed by atoms with E-state index in [4.69, 9.17) is 11.6 Å². The third kappa shape index (κ3) is 1.96. The summed E-state index contributed by atoms with van der Waals surface area (Å²) in [5.41, 5.74) is 1.92. The topological polar surface area (TPSA) is 42.0 Å². The van der Waals surface area contributed by atoms with Crippen LogP contribution in [0.2, 0.25) is 5.02 Å². The minimum absolute atomic E-state index is 0.122. The maximum absolute atomic E-state index is 10.9. The number of aromatic nitrogens is 1. The van der Waals surface area contributed by atoms with Gasteiger partial charge in [0.25, 0.3) is 0 Å². The van der Waals surface area contributed by atoms with Crippen molar-refractivity contribution in [3.63, 3.8) is 0 Å². The second-order valence-corrected chi connectivity index (χ2v) is 4.65. The van der Waals surface area contributed by atoms with Crippen molar-refractivity contribution < 1.29 is 4.79 Å². The Morgan fingerprint density at radius 3 is 2.87 bits per heavy atom. The number of aryl methyl sites for hydroxylation is 1. The van der Waals surface area contributed by atoms with Crippen molar-refractivity contribution in [3.05, 3.63) is 22.7 Å². The molecule has 15 heavy (non-hydrogen) atoms. The Hall–Kier alpha value is -1.13. The summed E-state index contributed by atoms with van der Waals surface area (Å²) in [5, 5.41) is 3.92. The summed E-state index contributed by atoms with van der Waals surface area (Å²) >= 11 is 7.43.